The van der Waals surface area contributed by atoms with Crippen LogP contribution in [0.25, 0.3) is 0 Å². The molecule has 126 valence electrons. The molecule has 0 aliphatic rings. The summed E-state index contributed by atoms with van der Waals surface area (Å²) in [6.45, 7) is 10.3. The molecule has 0 aliphatic carbocycles. The number of nitrogens with one attached hydrogen (secondary N) is 1. The number of rotatable bonds is 13. The van der Waals surface area contributed by atoms with Gasteiger partial charge in [0, 0.05) is 0 Å². The molecule has 0 rings (SSSR count). The quantitative estimate of drug-likeness (QED) is 0.194. The van der Waals surface area contributed by atoms with Gasteiger partial charge in [-0.1, -0.05) is 0 Å². The van der Waals surface area contributed by atoms with Crippen molar-refractivity contribution in [3.8, 4) is 0 Å². The van der Waals surface area contributed by atoms with Crippen LogP contribution < -0.4 is 5.32 Å². The van der Waals surface area contributed by atoms with E-state index in [2.05, 4.69) is 42.0 Å². The van der Waals surface area contributed by atoms with E-state index in [1.54, 1.807) is 0 Å². The molecule has 0 bridgehead atoms. The van der Waals surface area contributed by atoms with Crippen LogP contribution in [0.2, 0.25) is 13.3 Å². The Hall–Kier alpha value is 1.04. The normalized spacial score (nSPS) is 11.6. The fourth-order valence-electron chi connectivity index (χ4n) is 2.62. The fourth-order valence-corrected chi connectivity index (χ4v) is 27.4. The minimum absolute atomic E-state index is 1.07. The SMILES string of the molecule is CCCCNC(=S)[S][Sn]([CH2]CCC)([CH2]CCC)[CH2]CCC. The Bertz CT molecular complexity index is 237. The Morgan fingerprint density at radius 2 is 1.24 bits per heavy atom. The van der Waals surface area contributed by atoms with Crippen LogP contribution >= 0.6 is 21.2 Å². The van der Waals surface area contributed by atoms with E-state index in [0.29, 0.717) is 0 Å². The summed E-state index contributed by atoms with van der Waals surface area (Å²) in [4.78, 5) is 0. The molecule has 0 atom stereocenters. The summed E-state index contributed by atoms with van der Waals surface area (Å²) in [5.74, 6) is 0. The first kappa shape index (κ1) is 22.0. The molecule has 0 saturated carbocycles. The molecule has 21 heavy (non-hydrogen) atoms. The van der Waals surface area contributed by atoms with E-state index in [-0.39, 0.29) is 0 Å². The van der Waals surface area contributed by atoms with Crippen LogP contribution in [0.4, 0.5) is 0 Å². The Kier molecular flexibility index (Phi) is 15.3. The molecule has 0 radical (unpaired) electrons. The second kappa shape index (κ2) is 14.6. The standard InChI is InChI=1S/C5H11NS2.3C4H9.Sn/c1-2-3-4-6-5(7)8;3*1-3-4-2;/h2-4H2,1H3,(H2,6,7,8);3*1,3-4H2,2H3;/q;;;;+1/p-1. The predicted molar refractivity (Wildman–Crippen MR) is 108 cm³/mol. The van der Waals surface area contributed by atoms with Gasteiger partial charge in [-0.25, -0.2) is 0 Å². The van der Waals surface area contributed by atoms with E-state index >= 15 is 0 Å². The van der Waals surface area contributed by atoms with Gasteiger partial charge in [0.15, 0.2) is 0 Å². The van der Waals surface area contributed by atoms with Gasteiger partial charge in [0.05, 0.1) is 0 Å². The summed E-state index contributed by atoms with van der Waals surface area (Å²) < 4.78 is 5.73. The molecule has 0 aromatic heterocycles. The first-order chi connectivity index (χ1) is 10.1. The van der Waals surface area contributed by atoms with Gasteiger partial charge in [0.2, 0.25) is 0 Å². The Balaban J connectivity index is 4.64. The molecule has 1 nitrogen and oxygen atoms in total. The Morgan fingerprint density at radius 3 is 1.62 bits per heavy atom. The van der Waals surface area contributed by atoms with Crippen LogP contribution in [0.1, 0.15) is 79.1 Å². The van der Waals surface area contributed by atoms with Gasteiger partial charge >= 0.3 is 147 Å². The minimum atomic E-state index is -2.12. The molecule has 0 amide bonds. The van der Waals surface area contributed by atoms with E-state index in [1.807, 2.05) is 0 Å². The third-order valence-corrected chi connectivity index (χ3v) is 26.9. The van der Waals surface area contributed by atoms with Crippen LogP contribution in [-0.2, 0) is 0 Å². The van der Waals surface area contributed by atoms with Crippen LogP contribution in [0.5, 0.6) is 0 Å². The average molecular weight is 438 g/mol. The van der Waals surface area contributed by atoms with Crippen LogP contribution in [0.15, 0.2) is 0 Å². The summed E-state index contributed by atoms with van der Waals surface area (Å²) in [6, 6.07) is 0. The average Bonchev–Trinajstić information content (AvgIpc) is 2.49. The fraction of sp³-hybridized carbons (Fsp3) is 0.941. The second-order valence-corrected chi connectivity index (χ2v) is 26.0. The summed E-state index contributed by atoms with van der Waals surface area (Å²) >= 11 is 3.55. The maximum atomic E-state index is 5.67. The van der Waals surface area contributed by atoms with E-state index in [1.165, 1.54) is 64.7 Å². The van der Waals surface area contributed by atoms with Gasteiger partial charge in [0.25, 0.3) is 0 Å². The summed E-state index contributed by atoms with van der Waals surface area (Å²) in [5, 5.41) is 3.52. The monoisotopic (exact) mass is 439 g/mol. The molecule has 1 N–H and O–H groups in total. The van der Waals surface area contributed by atoms with Crippen LogP contribution in [0, 0.1) is 0 Å². The van der Waals surface area contributed by atoms with E-state index in [4.69, 9.17) is 12.2 Å². The molecule has 0 heterocycles. The van der Waals surface area contributed by atoms with Crippen molar-refractivity contribution >= 4 is 42.5 Å². The molecule has 0 aromatic rings. The number of hydrogen-bond donors (Lipinski definition) is 1. The molecule has 0 aromatic carbocycles. The van der Waals surface area contributed by atoms with E-state index in [9.17, 15) is 0 Å². The molecule has 4 heteroatoms. The third-order valence-electron chi connectivity index (χ3n) is 4.07. The zero-order chi connectivity index (χ0) is 16.0. The molecular formula is C17H37NS2Sn. The van der Waals surface area contributed by atoms with Gasteiger partial charge in [-0.05, 0) is 0 Å². The first-order valence-corrected chi connectivity index (χ1v) is 19.9. The van der Waals surface area contributed by atoms with Crippen molar-refractivity contribution in [2.75, 3.05) is 6.54 Å². The Labute approximate surface area is 146 Å². The van der Waals surface area contributed by atoms with E-state index in [0.717, 1.165) is 10.9 Å². The molecular weight excluding hydrogens is 401 g/mol. The van der Waals surface area contributed by atoms with Crippen molar-refractivity contribution in [1.29, 1.82) is 0 Å². The van der Waals surface area contributed by atoms with Crippen molar-refractivity contribution in [2.45, 2.75) is 92.4 Å². The predicted octanol–water partition coefficient (Wildman–Crippen LogP) is 6.74. The van der Waals surface area contributed by atoms with E-state index < -0.39 is 17.0 Å². The molecule has 0 spiro atoms. The topological polar surface area (TPSA) is 12.0 Å². The van der Waals surface area contributed by atoms with Gasteiger partial charge in [-0.3, -0.25) is 0 Å². The molecule has 0 unspecified atom stereocenters. The summed E-state index contributed by atoms with van der Waals surface area (Å²) in [5.41, 5.74) is 0. The van der Waals surface area contributed by atoms with Gasteiger partial charge in [-0.15, -0.1) is 0 Å². The first-order valence-electron chi connectivity index (χ1n) is 9.11. The van der Waals surface area contributed by atoms with Crippen molar-refractivity contribution in [2.24, 2.45) is 0 Å². The third kappa shape index (κ3) is 11.2. The van der Waals surface area contributed by atoms with Gasteiger partial charge in [0.1, 0.15) is 0 Å². The number of thiocarbonyl (C=S) groups is 1. The zero-order valence-corrected chi connectivity index (χ0v) is 19.3. The summed E-state index contributed by atoms with van der Waals surface area (Å²) in [7, 11) is 2.19. The zero-order valence-electron chi connectivity index (χ0n) is 14.8. The molecule has 0 saturated heterocycles. The maximum absolute atomic E-state index is 5.67. The van der Waals surface area contributed by atoms with Crippen LogP contribution in [-0.4, -0.2) is 27.9 Å². The second-order valence-electron chi connectivity index (χ2n) is 6.16. The number of hydrogen-bond acceptors (Lipinski definition) is 2. The Morgan fingerprint density at radius 1 is 0.810 bits per heavy atom. The van der Waals surface area contributed by atoms with Crippen molar-refractivity contribution in [1.82, 2.24) is 5.32 Å². The molecule has 0 fully saturated rings. The molecule has 0 aliphatic heterocycles. The van der Waals surface area contributed by atoms with Gasteiger partial charge in [-0.2, -0.15) is 0 Å². The van der Waals surface area contributed by atoms with Crippen molar-refractivity contribution in [3.63, 3.8) is 0 Å². The number of unbranched alkanes of at least 4 members (excludes halogenated alkanes) is 4. The van der Waals surface area contributed by atoms with Crippen molar-refractivity contribution in [3.05, 3.63) is 0 Å². The van der Waals surface area contributed by atoms with Crippen LogP contribution in [0.3, 0.4) is 0 Å². The van der Waals surface area contributed by atoms with Crippen molar-refractivity contribution < 1.29 is 0 Å². The summed E-state index contributed by atoms with van der Waals surface area (Å²) in [6.07, 6.45) is 10.8. The van der Waals surface area contributed by atoms with Gasteiger partial charge < -0.3 is 0 Å².